The second-order valence-electron chi connectivity index (χ2n) is 4.83. The topological polar surface area (TPSA) is 42.7 Å². The number of hydrogen-bond donors (Lipinski definition) is 1. The molecule has 0 aliphatic heterocycles. The van der Waals surface area contributed by atoms with Crippen LogP contribution >= 0.6 is 11.6 Å². The minimum Gasteiger partial charge on any atom is -0.313 e. The maximum Gasteiger partial charge on any atom is 0.0885 e. The molecule has 0 atom stereocenters. The molecule has 0 aliphatic rings. The quantitative estimate of drug-likeness (QED) is 0.794. The average Bonchev–Trinajstić information content (AvgIpc) is 2.90. The van der Waals surface area contributed by atoms with E-state index in [1.807, 2.05) is 23.0 Å². The first-order valence-corrected chi connectivity index (χ1v) is 7.52. The molecule has 0 bridgehead atoms. The van der Waals surface area contributed by atoms with Crippen molar-refractivity contribution < 1.29 is 0 Å². The van der Waals surface area contributed by atoms with Gasteiger partial charge in [0.1, 0.15) is 0 Å². The van der Waals surface area contributed by atoms with Crippen molar-refractivity contribution in [3.8, 4) is 11.3 Å². The molecule has 1 heterocycles. The number of nitrogens with zero attached hydrogens (tertiary/aromatic N) is 3. The van der Waals surface area contributed by atoms with Gasteiger partial charge in [-0.2, -0.15) is 0 Å². The summed E-state index contributed by atoms with van der Waals surface area (Å²) in [5.41, 5.74) is 3.27. The first-order valence-electron chi connectivity index (χ1n) is 7.14. The Bertz CT molecular complexity index is 551. The molecular formula is C15H21ClN4. The molecule has 0 saturated heterocycles. The molecule has 0 radical (unpaired) electrons. The van der Waals surface area contributed by atoms with E-state index < -0.39 is 0 Å². The van der Waals surface area contributed by atoms with E-state index in [1.54, 1.807) is 0 Å². The summed E-state index contributed by atoms with van der Waals surface area (Å²) < 4.78 is 1.94. The van der Waals surface area contributed by atoms with Gasteiger partial charge in [0.25, 0.3) is 0 Å². The van der Waals surface area contributed by atoms with Crippen LogP contribution in [0.4, 0.5) is 0 Å². The van der Waals surface area contributed by atoms with Crippen LogP contribution in [0.1, 0.15) is 32.3 Å². The van der Waals surface area contributed by atoms with Crippen molar-refractivity contribution in [2.24, 2.45) is 0 Å². The molecule has 108 valence electrons. The van der Waals surface area contributed by atoms with E-state index in [0.29, 0.717) is 0 Å². The van der Waals surface area contributed by atoms with Crippen LogP contribution in [-0.4, -0.2) is 21.5 Å². The second kappa shape index (κ2) is 7.41. The Labute approximate surface area is 125 Å². The van der Waals surface area contributed by atoms with Crippen LogP contribution in [0.2, 0.25) is 5.02 Å². The smallest absolute Gasteiger partial charge is 0.0885 e. The van der Waals surface area contributed by atoms with Gasteiger partial charge >= 0.3 is 0 Å². The molecule has 1 N–H and O–H groups in total. The van der Waals surface area contributed by atoms with Crippen molar-refractivity contribution in [1.82, 2.24) is 20.3 Å². The summed E-state index contributed by atoms with van der Waals surface area (Å²) in [6.07, 6.45) is 3.96. The van der Waals surface area contributed by atoms with Gasteiger partial charge in [-0.3, -0.25) is 0 Å². The van der Waals surface area contributed by atoms with Gasteiger partial charge in [0.2, 0.25) is 0 Å². The summed E-state index contributed by atoms with van der Waals surface area (Å²) in [4.78, 5) is 0. The fraction of sp³-hybridized carbons (Fsp3) is 0.467. The molecule has 1 aromatic carbocycles. The minimum atomic E-state index is 0.788. The van der Waals surface area contributed by atoms with E-state index in [2.05, 4.69) is 35.5 Å². The molecule has 20 heavy (non-hydrogen) atoms. The molecule has 1 aromatic heterocycles. The highest BCUT2D eigenvalue weighted by Crippen LogP contribution is 2.24. The molecule has 2 aromatic rings. The number of halogens is 1. The lowest BCUT2D eigenvalue weighted by atomic mass is 10.1. The van der Waals surface area contributed by atoms with Crippen LogP contribution < -0.4 is 5.32 Å². The largest absolute Gasteiger partial charge is 0.313 e. The molecule has 4 nitrogen and oxygen atoms in total. The standard InChI is InChI=1S/C15H21ClN4/c1-3-7-17-10-13-9-12(5-6-14(13)16)15-11-18-19-20(15)8-4-2/h5-6,9,11,17H,3-4,7-8,10H2,1-2H3. The Morgan fingerprint density at radius 1 is 1.25 bits per heavy atom. The first-order chi connectivity index (χ1) is 9.76. The fourth-order valence-corrected chi connectivity index (χ4v) is 2.31. The van der Waals surface area contributed by atoms with Gasteiger partial charge in [-0.1, -0.05) is 36.7 Å². The van der Waals surface area contributed by atoms with Crippen LogP contribution in [0.5, 0.6) is 0 Å². The van der Waals surface area contributed by atoms with Crippen LogP contribution in [0.3, 0.4) is 0 Å². The number of benzene rings is 1. The van der Waals surface area contributed by atoms with E-state index in [4.69, 9.17) is 11.6 Å². The van der Waals surface area contributed by atoms with E-state index in [0.717, 1.165) is 54.3 Å². The summed E-state index contributed by atoms with van der Waals surface area (Å²) >= 11 is 6.26. The number of hydrogen-bond acceptors (Lipinski definition) is 3. The lowest BCUT2D eigenvalue weighted by Gasteiger charge is -2.09. The van der Waals surface area contributed by atoms with Crippen molar-refractivity contribution in [3.63, 3.8) is 0 Å². The third-order valence-corrected chi connectivity index (χ3v) is 3.51. The third-order valence-electron chi connectivity index (χ3n) is 3.14. The molecule has 0 aliphatic carbocycles. The lowest BCUT2D eigenvalue weighted by Crippen LogP contribution is -2.14. The SMILES string of the molecule is CCCNCc1cc(-c2cnnn2CCC)ccc1Cl. The summed E-state index contributed by atoms with van der Waals surface area (Å²) in [5, 5.41) is 12.3. The predicted octanol–water partition coefficient (Wildman–Crippen LogP) is 3.51. The van der Waals surface area contributed by atoms with Gasteiger partial charge in [0.15, 0.2) is 0 Å². The van der Waals surface area contributed by atoms with Crippen molar-refractivity contribution >= 4 is 11.6 Å². The van der Waals surface area contributed by atoms with Crippen LogP contribution in [-0.2, 0) is 13.1 Å². The Balaban J connectivity index is 2.23. The van der Waals surface area contributed by atoms with Gasteiger partial charge in [-0.25, -0.2) is 4.68 Å². The second-order valence-corrected chi connectivity index (χ2v) is 5.23. The van der Waals surface area contributed by atoms with Crippen LogP contribution in [0.25, 0.3) is 11.3 Å². The van der Waals surface area contributed by atoms with Gasteiger partial charge in [0, 0.05) is 23.7 Å². The molecule has 0 unspecified atom stereocenters. The van der Waals surface area contributed by atoms with Gasteiger partial charge in [-0.05, 0) is 37.1 Å². The number of aryl methyl sites for hydroxylation is 1. The van der Waals surface area contributed by atoms with Gasteiger partial charge < -0.3 is 5.32 Å². The van der Waals surface area contributed by atoms with Gasteiger partial charge in [0.05, 0.1) is 11.9 Å². The lowest BCUT2D eigenvalue weighted by molar-refractivity contribution is 0.584. The molecule has 2 rings (SSSR count). The Morgan fingerprint density at radius 2 is 2.10 bits per heavy atom. The molecule has 0 spiro atoms. The Kier molecular flexibility index (Phi) is 5.56. The highest BCUT2D eigenvalue weighted by molar-refractivity contribution is 6.31. The van der Waals surface area contributed by atoms with Crippen molar-refractivity contribution in [3.05, 3.63) is 35.0 Å². The minimum absolute atomic E-state index is 0.788. The Hall–Kier alpha value is -1.39. The monoisotopic (exact) mass is 292 g/mol. The number of rotatable bonds is 7. The maximum absolute atomic E-state index is 6.26. The molecule has 0 amide bonds. The zero-order chi connectivity index (χ0) is 14.4. The number of aromatic nitrogens is 3. The van der Waals surface area contributed by atoms with E-state index >= 15 is 0 Å². The Morgan fingerprint density at radius 3 is 2.85 bits per heavy atom. The van der Waals surface area contributed by atoms with Crippen molar-refractivity contribution in [1.29, 1.82) is 0 Å². The molecular weight excluding hydrogens is 272 g/mol. The van der Waals surface area contributed by atoms with Crippen LogP contribution in [0.15, 0.2) is 24.4 Å². The summed E-state index contributed by atoms with van der Waals surface area (Å²) in [7, 11) is 0. The van der Waals surface area contributed by atoms with Gasteiger partial charge in [-0.15, -0.1) is 5.10 Å². The predicted molar refractivity (Wildman–Crippen MR) is 82.8 cm³/mol. The highest BCUT2D eigenvalue weighted by Gasteiger charge is 2.09. The number of nitrogens with one attached hydrogen (secondary N) is 1. The molecule has 0 saturated carbocycles. The van der Waals surface area contributed by atoms with Crippen molar-refractivity contribution in [2.75, 3.05) is 6.54 Å². The van der Waals surface area contributed by atoms with Crippen molar-refractivity contribution in [2.45, 2.75) is 39.8 Å². The fourth-order valence-electron chi connectivity index (χ4n) is 2.13. The third kappa shape index (κ3) is 3.58. The average molecular weight is 293 g/mol. The zero-order valence-corrected chi connectivity index (χ0v) is 12.8. The van der Waals surface area contributed by atoms with E-state index in [1.165, 1.54) is 0 Å². The molecule has 5 heteroatoms. The molecule has 0 fully saturated rings. The van der Waals surface area contributed by atoms with E-state index in [9.17, 15) is 0 Å². The normalized spacial score (nSPS) is 10.9. The van der Waals surface area contributed by atoms with E-state index in [-0.39, 0.29) is 0 Å². The maximum atomic E-state index is 6.26. The highest BCUT2D eigenvalue weighted by atomic mass is 35.5. The zero-order valence-electron chi connectivity index (χ0n) is 12.1. The summed E-state index contributed by atoms with van der Waals surface area (Å²) in [6.45, 7) is 6.94. The first kappa shape index (κ1) is 15.0. The summed E-state index contributed by atoms with van der Waals surface area (Å²) in [5.74, 6) is 0. The summed E-state index contributed by atoms with van der Waals surface area (Å²) in [6, 6.07) is 6.09. The van der Waals surface area contributed by atoms with Crippen LogP contribution in [0, 0.1) is 0 Å².